The maximum Gasteiger partial charge on any atom is 0.125 e. The molecular formula is C16H22FN3O. The Morgan fingerprint density at radius 3 is 2.95 bits per heavy atom. The van der Waals surface area contributed by atoms with Crippen molar-refractivity contribution in [1.82, 2.24) is 14.9 Å². The molecule has 114 valence electrons. The van der Waals surface area contributed by atoms with Crippen LogP contribution in [0.1, 0.15) is 32.0 Å². The monoisotopic (exact) mass is 291 g/mol. The maximum atomic E-state index is 13.3. The number of rotatable bonds is 7. The highest BCUT2D eigenvalue weighted by Gasteiger charge is 2.30. The Kier molecular flexibility index (Phi) is 4.22. The summed E-state index contributed by atoms with van der Waals surface area (Å²) in [5.41, 5.74) is 1.68. The van der Waals surface area contributed by atoms with Crippen molar-refractivity contribution in [2.45, 2.75) is 45.3 Å². The summed E-state index contributed by atoms with van der Waals surface area (Å²) < 4.78 is 15.4. The molecular weight excluding hydrogens is 269 g/mol. The molecule has 1 fully saturated rings. The molecule has 2 aromatic rings. The Bertz CT molecular complexity index is 621. The van der Waals surface area contributed by atoms with Crippen LogP contribution < -0.4 is 5.32 Å². The number of hydrogen-bond acceptors (Lipinski definition) is 3. The lowest BCUT2D eigenvalue weighted by Crippen LogP contribution is -2.32. The third-order valence-electron chi connectivity index (χ3n) is 4.26. The van der Waals surface area contributed by atoms with Gasteiger partial charge in [0.2, 0.25) is 0 Å². The van der Waals surface area contributed by atoms with Crippen molar-refractivity contribution < 1.29 is 9.50 Å². The van der Waals surface area contributed by atoms with E-state index in [0.717, 1.165) is 24.3 Å². The predicted octanol–water partition coefficient (Wildman–Crippen LogP) is 2.45. The average molecular weight is 291 g/mol. The van der Waals surface area contributed by atoms with E-state index in [9.17, 15) is 4.39 Å². The van der Waals surface area contributed by atoms with E-state index in [4.69, 9.17) is 5.11 Å². The van der Waals surface area contributed by atoms with Crippen molar-refractivity contribution >= 4 is 11.0 Å². The van der Waals surface area contributed by atoms with Gasteiger partial charge in [-0.3, -0.25) is 0 Å². The number of nitrogens with one attached hydrogen (secondary N) is 1. The van der Waals surface area contributed by atoms with E-state index in [-0.39, 0.29) is 12.4 Å². The minimum Gasteiger partial charge on any atom is -0.396 e. The SMILES string of the molecule is CCn1c(CNC(CCO)C2CC2)nc2cc(F)ccc21. The highest BCUT2D eigenvalue weighted by atomic mass is 19.1. The highest BCUT2D eigenvalue weighted by Crippen LogP contribution is 2.34. The minimum absolute atomic E-state index is 0.212. The van der Waals surface area contributed by atoms with Gasteiger partial charge in [-0.15, -0.1) is 0 Å². The molecule has 1 aromatic heterocycles. The number of imidazole rings is 1. The van der Waals surface area contributed by atoms with Crippen molar-refractivity contribution in [1.29, 1.82) is 0 Å². The molecule has 0 amide bonds. The van der Waals surface area contributed by atoms with Crippen LogP contribution in [-0.2, 0) is 13.1 Å². The van der Waals surface area contributed by atoms with Gasteiger partial charge in [0.1, 0.15) is 11.6 Å². The molecule has 1 unspecified atom stereocenters. The van der Waals surface area contributed by atoms with Gasteiger partial charge in [0.25, 0.3) is 0 Å². The van der Waals surface area contributed by atoms with Crippen LogP contribution in [0.5, 0.6) is 0 Å². The van der Waals surface area contributed by atoms with Crippen molar-refractivity contribution in [2.75, 3.05) is 6.61 Å². The summed E-state index contributed by atoms with van der Waals surface area (Å²) in [7, 11) is 0. The smallest absolute Gasteiger partial charge is 0.125 e. The molecule has 0 aliphatic heterocycles. The predicted molar refractivity (Wildman–Crippen MR) is 80.4 cm³/mol. The summed E-state index contributed by atoms with van der Waals surface area (Å²) in [5, 5.41) is 12.7. The van der Waals surface area contributed by atoms with Crippen molar-refractivity contribution in [3.05, 3.63) is 29.8 Å². The summed E-state index contributed by atoms with van der Waals surface area (Å²) >= 11 is 0. The number of benzene rings is 1. The molecule has 1 atom stereocenters. The van der Waals surface area contributed by atoms with E-state index in [1.54, 1.807) is 6.07 Å². The first-order valence-corrected chi connectivity index (χ1v) is 7.71. The second kappa shape index (κ2) is 6.12. The van der Waals surface area contributed by atoms with Gasteiger partial charge in [0.15, 0.2) is 0 Å². The second-order valence-corrected chi connectivity index (χ2v) is 5.74. The van der Waals surface area contributed by atoms with Crippen LogP contribution in [0.4, 0.5) is 4.39 Å². The molecule has 1 aliphatic rings. The molecule has 1 aromatic carbocycles. The normalized spacial score (nSPS) is 16.5. The quantitative estimate of drug-likeness (QED) is 0.824. The molecule has 4 nitrogen and oxygen atoms in total. The number of aromatic nitrogens is 2. The lowest BCUT2D eigenvalue weighted by Gasteiger charge is -2.17. The maximum absolute atomic E-state index is 13.3. The van der Waals surface area contributed by atoms with Crippen LogP contribution in [0.25, 0.3) is 11.0 Å². The van der Waals surface area contributed by atoms with Crippen molar-refractivity contribution in [3.63, 3.8) is 0 Å². The van der Waals surface area contributed by atoms with Gasteiger partial charge in [-0.2, -0.15) is 0 Å². The fraction of sp³-hybridized carbons (Fsp3) is 0.562. The van der Waals surface area contributed by atoms with Crippen LogP contribution in [0, 0.1) is 11.7 Å². The molecule has 0 bridgehead atoms. The summed E-state index contributed by atoms with van der Waals surface area (Å²) in [5.74, 6) is 1.37. The number of hydrogen-bond donors (Lipinski definition) is 2. The first kappa shape index (κ1) is 14.5. The van der Waals surface area contributed by atoms with E-state index in [1.807, 2.05) is 0 Å². The van der Waals surface area contributed by atoms with E-state index < -0.39 is 0 Å². The van der Waals surface area contributed by atoms with Crippen molar-refractivity contribution in [2.24, 2.45) is 5.92 Å². The average Bonchev–Trinajstić information content (AvgIpc) is 3.25. The number of aryl methyl sites for hydroxylation is 1. The molecule has 5 heteroatoms. The lowest BCUT2D eigenvalue weighted by molar-refractivity contribution is 0.255. The summed E-state index contributed by atoms with van der Waals surface area (Å²) in [4.78, 5) is 4.55. The lowest BCUT2D eigenvalue weighted by atomic mass is 10.1. The molecule has 21 heavy (non-hydrogen) atoms. The Balaban J connectivity index is 1.79. The summed E-state index contributed by atoms with van der Waals surface area (Å²) in [6, 6.07) is 5.11. The zero-order valence-corrected chi connectivity index (χ0v) is 12.3. The third kappa shape index (κ3) is 3.09. The molecule has 2 N–H and O–H groups in total. The van der Waals surface area contributed by atoms with E-state index >= 15 is 0 Å². The largest absolute Gasteiger partial charge is 0.396 e. The Labute approximate surface area is 124 Å². The van der Waals surface area contributed by atoms with Gasteiger partial charge in [-0.25, -0.2) is 9.37 Å². The van der Waals surface area contributed by atoms with E-state index in [2.05, 4.69) is 21.8 Å². The molecule has 1 saturated carbocycles. The Hall–Kier alpha value is -1.46. The molecule has 0 radical (unpaired) electrons. The molecule has 1 heterocycles. The number of aliphatic hydroxyl groups excluding tert-OH is 1. The zero-order chi connectivity index (χ0) is 14.8. The third-order valence-corrected chi connectivity index (χ3v) is 4.26. The molecule has 0 spiro atoms. The van der Waals surface area contributed by atoms with Crippen LogP contribution in [0.3, 0.4) is 0 Å². The van der Waals surface area contributed by atoms with Crippen LogP contribution >= 0.6 is 0 Å². The first-order chi connectivity index (χ1) is 10.2. The topological polar surface area (TPSA) is 50.1 Å². The second-order valence-electron chi connectivity index (χ2n) is 5.74. The molecule has 0 saturated heterocycles. The number of halogens is 1. The number of fused-ring (bicyclic) bond motifs is 1. The van der Waals surface area contributed by atoms with E-state index in [0.29, 0.717) is 24.0 Å². The fourth-order valence-electron chi connectivity index (χ4n) is 3.01. The summed E-state index contributed by atoms with van der Waals surface area (Å²) in [6.45, 7) is 3.75. The van der Waals surface area contributed by atoms with Crippen LogP contribution in [0.2, 0.25) is 0 Å². The zero-order valence-electron chi connectivity index (χ0n) is 12.3. The standard InChI is InChI=1S/C16H22FN3O/c1-2-20-15-6-5-12(17)9-14(15)19-16(20)10-18-13(7-8-21)11-3-4-11/h5-6,9,11,13,18,21H,2-4,7-8,10H2,1H3. The first-order valence-electron chi connectivity index (χ1n) is 7.71. The minimum atomic E-state index is -0.251. The van der Waals surface area contributed by atoms with Gasteiger partial charge in [0.05, 0.1) is 17.6 Å². The molecule has 1 aliphatic carbocycles. The van der Waals surface area contributed by atoms with Gasteiger partial charge < -0.3 is 15.0 Å². The van der Waals surface area contributed by atoms with Crippen LogP contribution in [0.15, 0.2) is 18.2 Å². The van der Waals surface area contributed by atoms with Gasteiger partial charge in [-0.05, 0) is 44.2 Å². The van der Waals surface area contributed by atoms with Crippen LogP contribution in [-0.4, -0.2) is 27.3 Å². The number of aliphatic hydroxyl groups is 1. The van der Waals surface area contributed by atoms with Gasteiger partial charge in [0, 0.05) is 25.3 Å². The van der Waals surface area contributed by atoms with E-state index in [1.165, 1.54) is 25.0 Å². The Morgan fingerprint density at radius 2 is 2.29 bits per heavy atom. The fourth-order valence-corrected chi connectivity index (χ4v) is 3.01. The van der Waals surface area contributed by atoms with Gasteiger partial charge >= 0.3 is 0 Å². The van der Waals surface area contributed by atoms with Crippen molar-refractivity contribution in [3.8, 4) is 0 Å². The number of nitrogens with zero attached hydrogens (tertiary/aromatic N) is 2. The summed E-state index contributed by atoms with van der Waals surface area (Å²) in [6.07, 6.45) is 3.27. The van der Waals surface area contributed by atoms with Gasteiger partial charge in [-0.1, -0.05) is 0 Å². The Morgan fingerprint density at radius 1 is 1.48 bits per heavy atom. The highest BCUT2D eigenvalue weighted by molar-refractivity contribution is 5.76. The molecule has 3 rings (SSSR count).